The highest BCUT2D eigenvalue weighted by Crippen LogP contribution is 2.37. The summed E-state index contributed by atoms with van der Waals surface area (Å²) in [4.78, 5) is 4.67. The summed E-state index contributed by atoms with van der Waals surface area (Å²) in [6, 6.07) is 6.25. The maximum absolute atomic E-state index is 6.32. The molecule has 3 rings (SSSR count). The number of methoxy groups -OCH3 is 1. The molecule has 0 spiro atoms. The SMILES string of the molecule is COC1CCC(n2c(C(C)Cl)nc3cc(Cl)ccc32)C1. The third kappa shape index (κ3) is 2.43. The van der Waals surface area contributed by atoms with Crippen LogP contribution in [0.3, 0.4) is 0 Å². The Morgan fingerprint density at radius 1 is 1.40 bits per heavy atom. The van der Waals surface area contributed by atoms with Gasteiger partial charge in [-0.2, -0.15) is 0 Å². The van der Waals surface area contributed by atoms with Crippen molar-refractivity contribution in [2.75, 3.05) is 7.11 Å². The van der Waals surface area contributed by atoms with E-state index in [9.17, 15) is 0 Å². The lowest BCUT2D eigenvalue weighted by Gasteiger charge is -2.18. The smallest absolute Gasteiger partial charge is 0.127 e. The summed E-state index contributed by atoms with van der Waals surface area (Å²) in [6.07, 6.45) is 3.54. The number of fused-ring (bicyclic) bond motifs is 1. The van der Waals surface area contributed by atoms with E-state index >= 15 is 0 Å². The molecule has 1 saturated carbocycles. The van der Waals surface area contributed by atoms with Crippen LogP contribution in [0.2, 0.25) is 5.02 Å². The van der Waals surface area contributed by atoms with E-state index in [4.69, 9.17) is 27.9 Å². The fourth-order valence-corrected chi connectivity index (χ4v) is 3.44. The third-order valence-electron chi connectivity index (χ3n) is 4.09. The first-order chi connectivity index (χ1) is 9.60. The fraction of sp³-hybridized carbons (Fsp3) is 0.533. The predicted molar refractivity (Wildman–Crippen MR) is 82.7 cm³/mol. The van der Waals surface area contributed by atoms with Crippen LogP contribution in [-0.2, 0) is 4.74 Å². The van der Waals surface area contributed by atoms with E-state index in [0.29, 0.717) is 17.2 Å². The molecule has 2 aromatic rings. The second-order valence-corrected chi connectivity index (χ2v) is 6.50. The Morgan fingerprint density at radius 2 is 2.20 bits per heavy atom. The highest BCUT2D eigenvalue weighted by atomic mass is 35.5. The molecule has 1 fully saturated rings. The lowest BCUT2D eigenvalue weighted by atomic mass is 10.2. The highest BCUT2D eigenvalue weighted by molar-refractivity contribution is 6.31. The number of hydrogen-bond acceptors (Lipinski definition) is 2. The quantitative estimate of drug-likeness (QED) is 0.766. The van der Waals surface area contributed by atoms with Gasteiger partial charge in [0.1, 0.15) is 5.82 Å². The van der Waals surface area contributed by atoms with Gasteiger partial charge in [0.05, 0.1) is 22.5 Å². The van der Waals surface area contributed by atoms with Crippen molar-refractivity contribution >= 4 is 34.2 Å². The molecule has 0 radical (unpaired) electrons. The lowest BCUT2D eigenvalue weighted by molar-refractivity contribution is 0.106. The number of ether oxygens (including phenoxy) is 1. The standard InChI is InChI=1S/C15H18Cl2N2O/c1-9(16)15-18-13-7-10(17)3-6-14(13)19(15)11-4-5-12(8-11)20-2/h3,6-7,9,11-12H,4-5,8H2,1-2H3. The van der Waals surface area contributed by atoms with Gasteiger partial charge in [-0.25, -0.2) is 4.98 Å². The van der Waals surface area contributed by atoms with Gasteiger partial charge in [0.2, 0.25) is 0 Å². The lowest BCUT2D eigenvalue weighted by Crippen LogP contribution is -2.12. The van der Waals surface area contributed by atoms with E-state index < -0.39 is 0 Å². The van der Waals surface area contributed by atoms with Crippen LogP contribution in [0.5, 0.6) is 0 Å². The number of alkyl halides is 1. The van der Waals surface area contributed by atoms with Crippen molar-refractivity contribution in [1.82, 2.24) is 9.55 Å². The highest BCUT2D eigenvalue weighted by Gasteiger charge is 2.29. The zero-order valence-electron chi connectivity index (χ0n) is 11.6. The zero-order valence-corrected chi connectivity index (χ0v) is 13.2. The molecular weight excluding hydrogens is 295 g/mol. The first-order valence-electron chi connectivity index (χ1n) is 6.94. The molecule has 0 saturated heterocycles. The largest absolute Gasteiger partial charge is 0.381 e. The molecule has 5 heteroatoms. The van der Waals surface area contributed by atoms with Crippen LogP contribution in [-0.4, -0.2) is 22.8 Å². The van der Waals surface area contributed by atoms with Crippen LogP contribution in [0.1, 0.15) is 43.4 Å². The molecule has 1 aromatic carbocycles. The average Bonchev–Trinajstić information content (AvgIpc) is 3.00. The van der Waals surface area contributed by atoms with E-state index in [2.05, 4.69) is 9.55 Å². The van der Waals surface area contributed by atoms with E-state index in [1.807, 2.05) is 25.1 Å². The van der Waals surface area contributed by atoms with Gasteiger partial charge in [-0.15, -0.1) is 11.6 Å². The molecular formula is C15H18Cl2N2O. The monoisotopic (exact) mass is 312 g/mol. The molecule has 20 heavy (non-hydrogen) atoms. The second kappa shape index (κ2) is 5.55. The molecule has 1 aliphatic carbocycles. The van der Waals surface area contributed by atoms with Gasteiger partial charge in [-0.05, 0) is 44.4 Å². The number of imidazole rings is 1. The van der Waals surface area contributed by atoms with Crippen molar-refractivity contribution in [2.24, 2.45) is 0 Å². The van der Waals surface area contributed by atoms with Gasteiger partial charge in [0, 0.05) is 18.2 Å². The molecule has 1 aliphatic rings. The number of benzene rings is 1. The van der Waals surface area contributed by atoms with Crippen LogP contribution >= 0.6 is 23.2 Å². The molecule has 0 aliphatic heterocycles. The van der Waals surface area contributed by atoms with Gasteiger partial charge in [0.25, 0.3) is 0 Å². The molecule has 3 unspecified atom stereocenters. The summed E-state index contributed by atoms with van der Waals surface area (Å²) >= 11 is 12.4. The van der Waals surface area contributed by atoms with Crippen molar-refractivity contribution < 1.29 is 4.74 Å². The molecule has 1 heterocycles. The topological polar surface area (TPSA) is 27.1 Å². The van der Waals surface area contributed by atoms with E-state index in [-0.39, 0.29) is 5.38 Å². The first kappa shape index (κ1) is 14.2. The molecule has 1 aromatic heterocycles. The van der Waals surface area contributed by atoms with Crippen LogP contribution in [0, 0.1) is 0 Å². The first-order valence-corrected chi connectivity index (χ1v) is 7.76. The van der Waals surface area contributed by atoms with E-state index in [0.717, 1.165) is 36.1 Å². The molecule has 3 atom stereocenters. The predicted octanol–water partition coefficient (Wildman–Crippen LogP) is 4.73. The van der Waals surface area contributed by atoms with Crippen molar-refractivity contribution in [2.45, 2.75) is 43.7 Å². The Balaban J connectivity index is 2.10. The summed E-state index contributed by atoms with van der Waals surface area (Å²) in [5.74, 6) is 0.922. The van der Waals surface area contributed by atoms with Gasteiger partial charge in [-0.1, -0.05) is 11.6 Å². The van der Waals surface area contributed by atoms with Crippen LogP contribution in [0.15, 0.2) is 18.2 Å². The number of rotatable bonds is 3. The van der Waals surface area contributed by atoms with Gasteiger partial charge >= 0.3 is 0 Å². The summed E-state index contributed by atoms with van der Waals surface area (Å²) in [6.45, 7) is 1.96. The minimum absolute atomic E-state index is 0.122. The van der Waals surface area contributed by atoms with Crippen molar-refractivity contribution in [3.8, 4) is 0 Å². The Bertz CT molecular complexity index is 624. The van der Waals surface area contributed by atoms with E-state index in [1.54, 1.807) is 7.11 Å². The van der Waals surface area contributed by atoms with Crippen molar-refractivity contribution in [3.63, 3.8) is 0 Å². The van der Waals surface area contributed by atoms with Crippen LogP contribution < -0.4 is 0 Å². The van der Waals surface area contributed by atoms with Crippen LogP contribution in [0.4, 0.5) is 0 Å². The third-order valence-corrected chi connectivity index (χ3v) is 4.52. The fourth-order valence-electron chi connectivity index (χ4n) is 3.12. The number of halogens is 2. The minimum Gasteiger partial charge on any atom is -0.381 e. The molecule has 0 N–H and O–H groups in total. The maximum atomic E-state index is 6.32. The molecule has 0 amide bonds. The number of aromatic nitrogens is 2. The molecule has 3 nitrogen and oxygen atoms in total. The zero-order chi connectivity index (χ0) is 14.3. The number of nitrogens with zero attached hydrogens (tertiary/aromatic N) is 2. The average molecular weight is 313 g/mol. The molecule has 108 valence electrons. The Kier molecular flexibility index (Phi) is 3.93. The number of hydrogen-bond donors (Lipinski definition) is 0. The van der Waals surface area contributed by atoms with Gasteiger partial charge in [0.15, 0.2) is 0 Å². The summed E-state index contributed by atoms with van der Waals surface area (Å²) in [5.41, 5.74) is 2.03. The second-order valence-electron chi connectivity index (χ2n) is 5.41. The van der Waals surface area contributed by atoms with Crippen LogP contribution in [0.25, 0.3) is 11.0 Å². The summed E-state index contributed by atoms with van der Waals surface area (Å²) < 4.78 is 7.76. The minimum atomic E-state index is -0.122. The van der Waals surface area contributed by atoms with Gasteiger partial charge < -0.3 is 9.30 Å². The van der Waals surface area contributed by atoms with Crippen molar-refractivity contribution in [1.29, 1.82) is 0 Å². The Labute approximate surface area is 128 Å². The van der Waals surface area contributed by atoms with Gasteiger partial charge in [-0.3, -0.25) is 0 Å². The molecule has 0 bridgehead atoms. The van der Waals surface area contributed by atoms with E-state index in [1.165, 1.54) is 0 Å². The van der Waals surface area contributed by atoms with Crippen molar-refractivity contribution in [3.05, 3.63) is 29.0 Å². The normalized spacial score (nSPS) is 24.4. The summed E-state index contributed by atoms with van der Waals surface area (Å²) in [5, 5.41) is 0.583. The summed E-state index contributed by atoms with van der Waals surface area (Å²) in [7, 11) is 1.78. The Morgan fingerprint density at radius 3 is 2.85 bits per heavy atom. The Hall–Kier alpha value is -0.770. The maximum Gasteiger partial charge on any atom is 0.127 e.